The first-order valence-electron chi connectivity index (χ1n) is 5.52. The average Bonchev–Trinajstić information content (AvgIpc) is 2.29. The van der Waals surface area contributed by atoms with Crippen LogP contribution in [-0.2, 0) is 53.3 Å². The fourth-order valence-electron chi connectivity index (χ4n) is 1.30. The number of aliphatic carboxylic acids is 4. The maximum Gasteiger partial charge on any atom is 2.00 e. The molecule has 0 fully saturated rings. The number of carboxylic acid groups (broad SMARTS) is 4. The minimum Gasteiger partial charge on any atom is -0.550 e. The Morgan fingerprint density at radius 1 is 0.682 bits per heavy atom. The van der Waals surface area contributed by atoms with Crippen LogP contribution >= 0.6 is 0 Å². The molecule has 22 heavy (non-hydrogen) atoms. The van der Waals surface area contributed by atoms with E-state index in [1.807, 2.05) is 0 Å². The van der Waals surface area contributed by atoms with Crippen molar-refractivity contribution >= 4 is 23.9 Å². The Hall–Kier alpha value is -1.16. The Kier molecular flexibility index (Phi) is 15.8. The molecule has 2 unspecified atom stereocenters. The smallest absolute Gasteiger partial charge is 0.550 e. The van der Waals surface area contributed by atoms with E-state index in [4.69, 9.17) is 0 Å². The van der Waals surface area contributed by atoms with Gasteiger partial charge in [0.05, 0.1) is 24.0 Å². The first-order chi connectivity index (χ1) is 9.23. The van der Waals surface area contributed by atoms with E-state index in [1.54, 1.807) is 0 Å². The van der Waals surface area contributed by atoms with Gasteiger partial charge in [0.2, 0.25) is 0 Å². The summed E-state index contributed by atoms with van der Waals surface area (Å²) in [6, 6.07) is -2.99. The second-order valence-corrected chi connectivity index (χ2v) is 3.80. The molecule has 0 rings (SSSR count). The van der Waals surface area contributed by atoms with Crippen molar-refractivity contribution in [3.05, 3.63) is 0 Å². The average molecular weight is 400 g/mol. The molecule has 0 aromatic heterocycles. The van der Waals surface area contributed by atoms with Crippen molar-refractivity contribution in [2.24, 2.45) is 0 Å². The topological polar surface area (TPSA) is 185 Å². The molecule has 10 nitrogen and oxygen atoms in total. The Labute approximate surface area is 146 Å². The standard InChI is InChI=1S/C10H16N2O8.2Fe/c13-7(14)3-5(9(17)18)11-1-2-12-6(10(19)20)4-8(15)16;;/h5-6,11-12H,1-4H2,(H,13,14)(H,15,16)(H,17,18)(H,19,20);;/q;2*+2/p-4. The summed E-state index contributed by atoms with van der Waals surface area (Å²) < 4.78 is 0. The van der Waals surface area contributed by atoms with E-state index < -0.39 is 48.8 Å². The molecular formula is C10H12Fe2N2O8. The molecule has 0 spiro atoms. The fourth-order valence-corrected chi connectivity index (χ4v) is 1.30. The number of carbonyl (C=O) groups is 4. The molecule has 126 valence electrons. The van der Waals surface area contributed by atoms with E-state index in [1.165, 1.54) is 0 Å². The van der Waals surface area contributed by atoms with Crippen LogP contribution in [0.3, 0.4) is 0 Å². The molecule has 0 heterocycles. The van der Waals surface area contributed by atoms with Crippen LogP contribution < -0.4 is 31.1 Å². The number of rotatable bonds is 11. The van der Waals surface area contributed by atoms with Gasteiger partial charge in [0.1, 0.15) is 0 Å². The summed E-state index contributed by atoms with van der Waals surface area (Å²) in [6.07, 6.45) is -1.63. The number of nitrogens with one attached hydrogen (secondary N) is 2. The van der Waals surface area contributed by atoms with Crippen molar-refractivity contribution in [1.29, 1.82) is 0 Å². The van der Waals surface area contributed by atoms with Crippen LogP contribution in [0.15, 0.2) is 0 Å². The molecule has 2 atom stereocenters. The molecule has 0 aliphatic heterocycles. The van der Waals surface area contributed by atoms with Crippen LogP contribution in [-0.4, -0.2) is 49.1 Å². The Morgan fingerprint density at radius 2 is 0.955 bits per heavy atom. The first-order valence-corrected chi connectivity index (χ1v) is 5.52. The molecule has 0 amide bonds. The van der Waals surface area contributed by atoms with Gasteiger partial charge >= 0.3 is 34.1 Å². The Morgan fingerprint density at radius 3 is 1.14 bits per heavy atom. The molecule has 0 saturated carbocycles. The second kappa shape index (κ2) is 13.5. The van der Waals surface area contributed by atoms with E-state index in [-0.39, 0.29) is 47.2 Å². The Balaban J connectivity index is -0.00000180. The summed E-state index contributed by atoms with van der Waals surface area (Å²) in [7, 11) is 0. The monoisotopic (exact) mass is 400 g/mol. The summed E-state index contributed by atoms with van der Waals surface area (Å²) in [5.74, 6) is -6.49. The van der Waals surface area contributed by atoms with Crippen molar-refractivity contribution in [1.82, 2.24) is 10.6 Å². The summed E-state index contributed by atoms with van der Waals surface area (Å²) >= 11 is 0. The first kappa shape index (κ1) is 25.8. The van der Waals surface area contributed by atoms with Crippen molar-refractivity contribution in [2.75, 3.05) is 13.1 Å². The van der Waals surface area contributed by atoms with E-state index in [2.05, 4.69) is 10.6 Å². The van der Waals surface area contributed by atoms with Crippen LogP contribution in [0.5, 0.6) is 0 Å². The second-order valence-electron chi connectivity index (χ2n) is 3.80. The minimum absolute atomic E-state index is 0. The predicted molar refractivity (Wildman–Crippen MR) is 52.8 cm³/mol. The van der Waals surface area contributed by atoms with E-state index in [9.17, 15) is 39.6 Å². The van der Waals surface area contributed by atoms with Gasteiger partial charge in [-0.1, -0.05) is 0 Å². The number of carboxylic acids is 4. The van der Waals surface area contributed by atoms with Crippen LogP contribution in [0.1, 0.15) is 12.8 Å². The molecule has 0 aromatic rings. The number of hydrogen-bond acceptors (Lipinski definition) is 10. The molecular weight excluding hydrogens is 388 g/mol. The normalized spacial score (nSPS) is 12.2. The molecule has 12 heteroatoms. The SMILES string of the molecule is O=C([O-])CC(NCCNC(CC(=O)[O-])C(=O)[O-])C(=O)[O-].[Fe+2].[Fe+2]. The van der Waals surface area contributed by atoms with Crippen LogP contribution in [0.25, 0.3) is 0 Å². The van der Waals surface area contributed by atoms with Gasteiger partial charge in [-0.3, -0.25) is 0 Å². The summed E-state index contributed by atoms with van der Waals surface area (Å²) in [4.78, 5) is 41.6. The van der Waals surface area contributed by atoms with Gasteiger partial charge in [0, 0.05) is 37.9 Å². The third kappa shape index (κ3) is 12.6. The van der Waals surface area contributed by atoms with Gasteiger partial charge in [-0.25, -0.2) is 0 Å². The summed E-state index contributed by atoms with van der Waals surface area (Å²) in [6.45, 7) is -0.272. The molecule has 0 aliphatic rings. The van der Waals surface area contributed by atoms with Crippen LogP contribution in [0.4, 0.5) is 0 Å². The third-order valence-electron chi connectivity index (χ3n) is 2.22. The molecule has 2 N–H and O–H groups in total. The maximum absolute atomic E-state index is 10.5. The van der Waals surface area contributed by atoms with Gasteiger partial charge in [-0.2, -0.15) is 0 Å². The van der Waals surface area contributed by atoms with Gasteiger partial charge in [-0.15, -0.1) is 0 Å². The van der Waals surface area contributed by atoms with Gasteiger partial charge < -0.3 is 50.2 Å². The minimum atomic E-state index is -1.65. The summed E-state index contributed by atoms with van der Waals surface area (Å²) in [5.41, 5.74) is 0. The quantitative estimate of drug-likeness (QED) is 0.249. The number of hydrogen-bond donors (Lipinski definition) is 2. The largest absolute Gasteiger partial charge is 2.00 e. The zero-order chi connectivity index (χ0) is 15.7. The van der Waals surface area contributed by atoms with Crippen molar-refractivity contribution in [2.45, 2.75) is 24.9 Å². The molecule has 0 saturated heterocycles. The van der Waals surface area contributed by atoms with E-state index >= 15 is 0 Å². The molecule has 0 aliphatic carbocycles. The predicted octanol–water partition coefficient (Wildman–Crippen LogP) is -7.32. The van der Waals surface area contributed by atoms with E-state index in [0.29, 0.717) is 0 Å². The van der Waals surface area contributed by atoms with Crippen molar-refractivity contribution in [3.63, 3.8) is 0 Å². The van der Waals surface area contributed by atoms with Crippen LogP contribution in [0, 0.1) is 0 Å². The fraction of sp³-hybridized carbons (Fsp3) is 0.600. The Bertz CT molecular complexity index is 357. The third-order valence-corrected chi connectivity index (χ3v) is 2.22. The number of carbonyl (C=O) groups excluding carboxylic acids is 4. The molecule has 0 bridgehead atoms. The zero-order valence-electron chi connectivity index (χ0n) is 11.0. The van der Waals surface area contributed by atoms with Gasteiger partial charge in [-0.05, 0) is 0 Å². The summed E-state index contributed by atoms with van der Waals surface area (Å²) in [5, 5.41) is 46.1. The van der Waals surface area contributed by atoms with Crippen molar-refractivity contribution in [3.8, 4) is 0 Å². The van der Waals surface area contributed by atoms with Crippen molar-refractivity contribution < 1.29 is 73.7 Å². The molecule has 0 aromatic carbocycles. The maximum atomic E-state index is 10.5. The van der Waals surface area contributed by atoms with Gasteiger partial charge in [0.25, 0.3) is 0 Å². The zero-order valence-corrected chi connectivity index (χ0v) is 13.2. The molecule has 0 radical (unpaired) electrons. The van der Waals surface area contributed by atoms with Gasteiger partial charge in [0.15, 0.2) is 0 Å². The van der Waals surface area contributed by atoms with E-state index in [0.717, 1.165) is 0 Å². The van der Waals surface area contributed by atoms with Crippen LogP contribution in [0.2, 0.25) is 0 Å².